The third-order valence-electron chi connectivity index (χ3n) is 1.65. The number of rotatable bonds is 1. The standard InChI is InChI=1S/C9H7N2O/c12-6-7-5-10-8-3-1-2-4-9(8)11-7/h1-5H,6H2. The molecule has 0 spiro atoms. The first-order valence-electron chi connectivity index (χ1n) is 3.69. The molecule has 0 bridgehead atoms. The number of nitrogens with zero attached hydrogens (tertiary/aromatic N) is 2. The average molecular weight is 159 g/mol. The van der Waals surface area contributed by atoms with Crippen molar-refractivity contribution in [3.05, 3.63) is 36.2 Å². The van der Waals surface area contributed by atoms with Crippen molar-refractivity contribution in [1.29, 1.82) is 0 Å². The molecule has 3 heteroatoms. The van der Waals surface area contributed by atoms with Crippen molar-refractivity contribution in [3.8, 4) is 0 Å². The van der Waals surface area contributed by atoms with Gasteiger partial charge >= 0.3 is 0 Å². The Hall–Kier alpha value is -1.48. The second kappa shape index (κ2) is 2.87. The SMILES string of the molecule is [O]Cc1cnc2ccccc2n1. The molecule has 2 aromatic rings. The van der Waals surface area contributed by atoms with Crippen LogP contribution in [0.2, 0.25) is 0 Å². The van der Waals surface area contributed by atoms with Crippen molar-refractivity contribution in [2.45, 2.75) is 6.61 Å². The lowest BCUT2D eigenvalue weighted by molar-refractivity contribution is 0.174. The summed E-state index contributed by atoms with van der Waals surface area (Å²) in [6.07, 6.45) is 1.52. The summed E-state index contributed by atoms with van der Waals surface area (Å²) in [5.41, 5.74) is 2.11. The van der Waals surface area contributed by atoms with Gasteiger partial charge in [-0.3, -0.25) is 4.98 Å². The topological polar surface area (TPSA) is 45.7 Å². The molecule has 1 aromatic heterocycles. The molecule has 59 valence electrons. The number of hydrogen-bond acceptors (Lipinski definition) is 2. The van der Waals surface area contributed by atoms with Gasteiger partial charge in [0, 0.05) is 0 Å². The van der Waals surface area contributed by atoms with Crippen molar-refractivity contribution in [2.75, 3.05) is 0 Å². The zero-order valence-corrected chi connectivity index (χ0v) is 6.40. The maximum atomic E-state index is 10.5. The minimum Gasteiger partial charge on any atom is -0.253 e. The summed E-state index contributed by atoms with van der Waals surface area (Å²) in [6, 6.07) is 7.50. The van der Waals surface area contributed by atoms with E-state index in [0.717, 1.165) is 11.0 Å². The van der Waals surface area contributed by atoms with Crippen molar-refractivity contribution in [2.24, 2.45) is 0 Å². The van der Waals surface area contributed by atoms with Crippen LogP contribution in [0.3, 0.4) is 0 Å². The summed E-state index contributed by atoms with van der Waals surface area (Å²) in [4.78, 5) is 8.21. The monoisotopic (exact) mass is 159 g/mol. The van der Waals surface area contributed by atoms with Gasteiger partial charge in [-0.2, -0.15) is 0 Å². The molecule has 3 nitrogen and oxygen atoms in total. The van der Waals surface area contributed by atoms with E-state index in [2.05, 4.69) is 9.97 Å². The number of aromatic nitrogens is 2. The molecule has 0 aliphatic rings. The smallest absolute Gasteiger partial charge is 0.126 e. The second-order valence-corrected chi connectivity index (χ2v) is 2.49. The predicted molar refractivity (Wildman–Crippen MR) is 43.9 cm³/mol. The van der Waals surface area contributed by atoms with Crippen molar-refractivity contribution < 1.29 is 5.11 Å². The molecule has 1 heterocycles. The zero-order valence-electron chi connectivity index (χ0n) is 6.40. The van der Waals surface area contributed by atoms with Crippen LogP contribution < -0.4 is 0 Å². The molecular weight excluding hydrogens is 152 g/mol. The number of benzene rings is 1. The van der Waals surface area contributed by atoms with E-state index >= 15 is 0 Å². The quantitative estimate of drug-likeness (QED) is 0.633. The van der Waals surface area contributed by atoms with Crippen LogP contribution in [0, 0.1) is 0 Å². The molecule has 0 amide bonds. The van der Waals surface area contributed by atoms with Crippen LogP contribution in [0.25, 0.3) is 11.0 Å². The predicted octanol–water partition coefficient (Wildman–Crippen LogP) is 1.56. The largest absolute Gasteiger partial charge is 0.253 e. The molecule has 0 aliphatic carbocycles. The number of para-hydroxylation sites is 2. The molecule has 0 unspecified atom stereocenters. The highest BCUT2D eigenvalue weighted by Crippen LogP contribution is 2.07. The summed E-state index contributed by atoms with van der Waals surface area (Å²) < 4.78 is 0. The van der Waals surface area contributed by atoms with Gasteiger partial charge in [0.1, 0.15) is 6.61 Å². The molecular formula is C9H7N2O. The Bertz CT molecular complexity index is 400. The van der Waals surface area contributed by atoms with Crippen LogP contribution in [-0.2, 0) is 11.7 Å². The Morgan fingerprint density at radius 1 is 1.17 bits per heavy atom. The van der Waals surface area contributed by atoms with E-state index in [0.29, 0.717) is 5.69 Å². The van der Waals surface area contributed by atoms with E-state index in [1.807, 2.05) is 24.3 Å². The van der Waals surface area contributed by atoms with Crippen molar-refractivity contribution in [3.63, 3.8) is 0 Å². The fourth-order valence-electron chi connectivity index (χ4n) is 1.07. The first-order chi connectivity index (χ1) is 5.90. The summed E-state index contributed by atoms with van der Waals surface area (Å²) in [5, 5.41) is 10.5. The van der Waals surface area contributed by atoms with Crippen LogP contribution in [0.5, 0.6) is 0 Å². The Labute approximate surface area is 69.7 Å². The van der Waals surface area contributed by atoms with E-state index in [1.165, 1.54) is 6.20 Å². The molecule has 2 rings (SSSR count). The normalized spacial score (nSPS) is 10.4. The molecule has 0 aliphatic heterocycles. The highest BCUT2D eigenvalue weighted by atomic mass is 16.3. The molecule has 1 aromatic carbocycles. The third kappa shape index (κ3) is 1.14. The van der Waals surface area contributed by atoms with E-state index in [1.54, 1.807) is 0 Å². The van der Waals surface area contributed by atoms with Gasteiger partial charge in [-0.25, -0.2) is 10.1 Å². The van der Waals surface area contributed by atoms with Crippen LogP contribution >= 0.6 is 0 Å². The first kappa shape index (κ1) is 7.18. The second-order valence-electron chi connectivity index (χ2n) is 2.49. The lowest BCUT2D eigenvalue weighted by Crippen LogP contribution is -1.90. The van der Waals surface area contributed by atoms with Crippen LogP contribution in [0.4, 0.5) is 0 Å². The van der Waals surface area contributed by atoms with Crippen molar-refractivity contribution >= 4 is 11.0 Å². The Morgan fingerprint density at radius 3 is 2.67 bits per heavy atom. The first-order valence-corrected chi connectivity index (χ1v) is 3.69. The number of hydrogen-bond donors (Lipinski definition) is 0. The zero-order chi connectivity index (χ0) is 8.39. The highest BCUT2D eigenvalue weighted by molar-refractivity contribution is 5.73. The maximum absolute atomic E-state index is 10.5. The van der Waals surface area contributed by atoms with Gasteiger partial charge < -0.3 is 0 Å². The van der Waals surface area contributed by atoms with Gasteiger partial charge in [-0.15, -0.1) is 0 Å². The lowest BCUT2D eigenvalue weighted by atomic mass is 10.3. The van der Waals surface area contributed by atoms with E-state index < -0.39 is 0 Å². The third-order valence-corrected chi connectivity index (χ3v) is 1.65. The van der Waals surface area contributed by atoms with E-state index in [4.69, 9.17) is 0 Å². The molecule has 1 radical (unpaired) electrons. The molecule has 0 fully saturated rings. The van der Waals surface area contributed by atoms with Gasteiger partial charge in [0.15, 0.2) is 0 Å². The van der Waals surface area contributed by atoms with Gasteiger partial charge in [-0.1, -0.05) is 12.1 Å². The van der Waals surface area contributed by atoms with Gasteiger partial charge in [-0.05, 0) is 12.1 Å². The highest BCUT2D eigenvalue weighted by Gasteiger charge is 1.96. The van der Waals surface area contributed by atoms with E-state index in [-0.39, 0.29) is 6.61 Å². The minimum absolute atomic E-state index is 0.308. The molecule has 0 N–H and O–H groups in total. The summed E-state index contributed by atoms with van der Waals surface area (Å²) in [7, 11) is 0. The lowest BCUT2D eigenvalue weighted by Gasteiger charge is -1.96. The minimum atomic E-state index is -0.308. The summed E-state index contributed by atoms with van der Waals surface area (Å²) >= 11 is 0. The fourth-order valence-corrected chi connectivity index (χ4v) is 1.07. The average Bonchev–Trinajstić information content (AvgIpc) is 2.17. The van der Waals surface area contributed by atoms with Crippen molar-refractivity contribution in [1.82, 2.24) is 9.97 Å². The van der Waals surface area contributed by atoms with Crippen LogP contribution in [0.1, 0.15) is 5.69 Å². The summed E-state index contributed by atoms with van der Waals surface area (Å²) in [5.74, 6) is 0. The Morgan fingerprint density at radius 2 is 1.92 bits per heavy atom. The molecule has 0 atom stereocenters. The van der Waals surface area contributed by atoms with Crippen LogP contribution in [-0.4, -0.2) is 9.97 Å². The van der Waals surface area contributed by atoms with Gasteiger partial charge in [0.05, 0.1) is 22.9 Å². The Balaban J connectivity index is 2.67. The Kier molecular flexibility index (Phi) is 1.72. The van der Waals surface area contributed by atoms with Crippen LogP contribution in [0.15, 0.2) is 30.5 Å². The van der Waals surface area contributed by atoms with Gasteiger partial charge in [0.25, 0.3) is 0 Å². The molecule has 0 saturated heterocycles. The summed E-state index contributed by atoms with van der Waals surface area (Å²) in [6.45, 7) is -0.308. The van der Waals surface area contributed by atoms with E-state index in [9.17, 15) is 5.11 Å². The molecule has 12 heavy (non-hydrogen) atoms. The molecule has 0 saturated carbocycles. The fraction of sp³-hybridized carbons (Fsp3) is 0.111. The maximum Gasteiger partial charge on any atom is 0.126 e. The van der Waals surface area contributed by atoms with Gasteiger partial charge in [0.2, 0.25) is 0 Å². The number of fused-ring (bicyclic) bond motifs is 1.